The van der Waals surface area contributed by atoms with E-state index in [1.165, 1.54) is 0 Å². The Kier molecular flexibility index (Phi) is 4.17. The van der Waals surface area contributed by atoms with Gasteiger partial charge in [0.2, 0.25) is 0 Å². The minimum atomic E-state index is -1.12. The van der Waals surface area contributed by atoms with Gasteiger partial charge in [0.25, 0.3) is 0 Å². The molecule has 0 radical (unpaired) electrons. The Morgan fingerprint density at radius 2 is 1.95 bits per heavy atom. The summed E-state index contributed by atoms with van der Waals surface area (Å²) in [6.07, 6.45) is 0.376. The third-order valence-electron chi connectivity index (χ3n) is 3.59. The topological polar surface area (TPSA) is 80.7 Å². The summed E-state index contributed by atoms with van der Waals surface area (Å²) in [7, 11) is 0. The highest BCUT2D eigenvalue weighted by molar-refractivity contribution is 5.90. The average molecular weight is 276 g/mol. The Morgan fingerprint density at radius 3 is 2.60 bits per heavy atom. The van der Waals surface area contributed by atoms with Crippen molar-refractivity contribution >= 4 is 17.7 Å². The molecular weight excluding hydrogens is 260 g/mol. The summed E-state index contributed by atoms with van der Waals surface area (Å²) in [5.74, 6) is -3.11. The van der Waals surface area contributed by atoms with Crippen molar-refractivity contribution in [2.45, 2.75) is 26.2 Å². The van der Waals surface area contributed by atoms with Gasteiger partial charge in [0.1, 0.15) is 11.5 Å². The maximum absolute atomic E-state index is 12.1. The number of Topliss-reactive ketones (excluding diaryl/α,β-unsaturated/α-hetero) is 1. The maximum atomic E-state index is 12.1. The van der Waals surface area contributed by atoms with E-state index < -0.39 is 23.8 Å². The van der Waals surface area contributed by atoms with Gasteiger partial charge in [-0.3, -0.25) is 14.4 Å². The monoisotopic (exact) mass is 276 g/mol. The van der Waals surface area contributed by atoms with Crippen LogP contribution in [0.4, 0.5) is 0 Å². The van der Waals surface area contributed by atoms with E-state index in [-0.39, 0.29) is 25.0 Å². The van der Waals surface area contributed by atoms with Gasteiger partial charge in [-0.25, -0.2) is 0 Å². The normalized spacial score (nSPS) is 22.4. The molecular formula is C15H16O5. The van der Waals surface area contributed by atoms with Gasteiger partial charge in [-0.1, -0.05) is 18.2 Å². The fourth-order valence-corrected chi connectivity index (χ4v) is 2.40. The predicted molar refractivity (Wildman–Crippen MR) is 70.3 cm³/mol. The SMILES string of the molecule is Cc1ccccc1OC(=O)C1CCC(=O)CC1C(=O)O. The summed E-state index contributed by atoms with van der Waals surface area (Å²) in [4.78, 5) is 34.7. The van der Waals surface area contributed by atoms with Gasteiger partial charge in [0.15, 0.2) is 0 Å². The first kappa shape index (κ1) is 14.2. The summed E-state index contributed by atoms with van der Waals surface area (Å²) < 4.78 is 5.29. The lowest BCUT2D eigenvalue weighted by atomic mass is 9.78. The Labute approximate surface area is 116 Å². The summed E-state index contributed by atoms with van der Waals surface area (Å²) in [6.45, 7) is 1.81. The molecule has 20 heavy (non-hydrogen) atoms. The fraction of sp³-hybridized carbons (Fsp3) is 0.400. The van der Waals surface area contributed by atoms with Crippen molar-refractivity contribution in [1.29, 1.82) is 0 Å². The van der Waals surface area contributed by atoms with Crippen LogP contribution in [0, 0.1) is 18.8 Å². The van der Waals surface area contributed by atoms with Crippen LogP contribution < -0.4 is 4.74 Å². The standard InChI is InChI=1S/C15H16O5/c1-9-4-2-3-5-13(9)20-15(19)11-7-6-10(16)8-12(11)14(17)18/h2-5,11-12H,6-8H2,1H3,(H,17,18). The van der Waals surface area contributed by atoms with E-state index >= 15 is 0 Å². The van der Waals surface area contributed by atoms with Gasteiger partial charge in [0.05, 0.1) is 11.8 Å². The molecule has 0 amide bonds. The predicted octanol–water partition coefficient (Wildman–Crippen LogP) is 1.97. The highest BCUT2D eigenvalue weighted by atomic mass is 16.5. The summed E-state index contributed by atoms with van der Waals surface area (Å²) in [6, 6.07) is 7.04. The number of aliphatic carboxylic acids is 1. The molecule has 106 valence electrons. The first-order chi connectivity index (χ1) is 9.49. The molecule has 5 heteroatoms. The van der Waals surface area contributed by atoms with Crippen LogP contribution in [0.25, 0.3) is 0 Å². The van der Waals surface area contributed by atoms with Crippen LogP contribution in [0.5, 0.6) is 5.75 Å². The average Bonchev–Trinajstić information content (AvgIpc) is 2.41. The first-order valence-corrected chi connectivity index (χ1v) is 6.51. The number of aryl methyl sites for hydroxylation is 1. The Bertz CT molecular complexity index is 549. The third kappa shape index (κ3) is 3.04. The second kappa shape index (κ2) is 5.86. The lowest BCUT2D eigenvalue weighted by Crippen LogP contribution is -2.37. The molecule has 2 unspecified atom stereocenters. The van der Waals surface area contributed by atoms with E-state index in [1.54, 1.807) is 12.1 Å². The Morgan fingerprint density at radius 1 is 1.25 bits per heavy atom. The van der Waals surface area contributed by atoms with Crippen molar-refractivity contribution in [1.82, 2.24) is 0 Å². The molecule has 0 aromatic heterocycles. The van der Waals surface area contributed by atoms with Crippen molar-refractivity contribution < 1.29 is 24.2 Å². The van der Waals surface area contributed by atoms with E-state index in [1.807, 2.05) is 19.1 Å². The summed E-state index contributed by atoms with van der Waals surface area (Å²) in [5.41, 5.74) is 0.805. The van der Waals surface area contributed by atoms with Gasteiger partial charge in [-0.15, -0.1) is 0 Å². The van der Waals surface area contributed by atoms with Crippen molar-refractivity contribution in [3.05, 3.63) is 29.8 Å². The van der Waals surface area contributed by atoms with Gasteiger partial charge in [0, 0.05) is 12.8 Å². The quantitative estimate of drug-likeness (QED) is 0.674. The summed E-state index contributed by atoms with van der Waals surface area (Å²) >= 11 is 0. The van der Waals surface area contributed by atoms with Crippen molar-refractivity contribution in [3.63, 3.8) is 0 Å². The van der Waals surface area contributed by atoms with E-state index in [4.69, 9.17) is 9.84 Å². The number of hydrogen-bond donors (Lipinski definition) is 1. The number of carboxylic acid groups (broad SMARTS) is 1. The minimum Gasteiger partial charge on any atom is -0.481 e. The highest BCUT2D eigenvalue weighted by Gasteiger charge is 2.40. The molecule has 1 aromatic carbocycles. The highest BCUT2D eigenvalue weighted by Crippen LogP contribution is 2.30. The van der Waals surface area contributed by atoms with Crippen LogP contribution in [-0.2, 0) is 14.4 Å². The lowest BCUT2D eigenvalue weighted by molar-refractivity contribution is -0.155. The first-order valence-electron chi connectivity index (χ1n) is 6.51. The molecule has 1 saturated carbocycles. The number of benzene rings is 1. The molecule has 0 aliphatic heterocycles. The van der Waals surface area contributed by atoms with Gasteiger partial charge >= 0.3 is 11.9 Å². The van der Waals surface area contributed by atoms with Crippen molar-refractivity contribution in [2.24, 2.45) is 11.8 Å². The second-order valence-corrected chi connectivity index (χ2v) is 5.02. The Balaban J connectivity index is 2.13. The number of hydrogen-bond acceptors (Lipinski definition) is 4. The minimum absolute atomic E-state index is 0.0944. The molecule has 5 nitrogen and oxygen atoms in total. The number of carboxylic acids is 1. The Hall–Kier alpha value is -2.17. The molecule has 1 aliphatic carbocycles. The molecule has 0 saturated heterocycles. The van der Waals surface area contributed by atoms with Gasteiger partial charge in [-0.05, 0) is 25.0 Å². The number of rotatable bonds is 3. The van der Waals surface area contributed by atoms with Gasteiger partial charge < -0.3 is 9.84 Å². The number of ketones is 1. The van der Waals surface area contributed by atoms with Crippen LogP contribution in [0.1, 0.15) is 24.8 Å². The molecule has 2 atom stereocenters. The largest absolute Gasteiger partial charge is 0.481 e. The smallest absolute Gasteiger partial charge is 0.315 e. The molecule has 0 bridgehead atoms. The van der Waals surface area contributed by atoms with Gasteiger partial charge in [-0.2, -0.15) is 0 Å². The number of carbonyl (C=O) groups excluding carboxylic acids is 2. The van der Waals surface area contributed by atoms with Crippen LogP contribution in [0.2, 0.25) is 0 Å². The van der Waals surface area contributed by atoms with E-state index in [9.17, 15) is 14.4 Å². The number of esters is 1. The molecule has 1 aliphatic rings. The van der Waals surface area contributed by atoms with Crippen LogP contribution in [0.15, 0.2) is 24.3 Å². The summed E-state index contributed by atoms with van der Waals surface area (Å²) in [5, 5.41) is 9.14. The van der Waals surface area contributed by atoms with Crippen LogP contribution >= 0.6 is 0 Å². The second-order valence-electron chi connectivity index (χ2n) is 5.02. The van der Waals surface area contributed by atoms with E-state index in [0.29, 0.717) is 5.75 Å². The van der Waals surface area contributed by atoms with Crippen LogP contribution in [0.3, 0.4) is 0 Å². The van der Waals surface area contributed by atoms with Crippen LogP contribution in [-0.4, -0.2) is 22.8 Å². The lowest BCUT2D eigenvalue weighted by Gasteiger charge is -2.26. The number of ether oxygens (including phenoxy) is 1. The fourth-order valence-electron chi connectivity index (χ4n) is 2.40. The molecule has 0 spiro atoms. The maximum Gasteiger partial charge on any atom is 0.315 e. The third-order valence-corrected chi connectivity index (χ3v) is 3.59. The molecule has 1 N–H and O–H groups in total. The van der Waals surface area contributed by atoms with Crippen molar-refractivity contribution in [3.8, 4) is 5.75 Å². The van der Waals surface area contributed by atoms with E-state index in [0.717, 1.165) is 5.56 Å². The zero-order valence-electron chi connectivity index (χ0n) is 11.2. The zero-order valence-corrected chi connectivity index (χ0v) is 11.2. The molecule has 1 fully saturated rings. The number of carbonyl (C=O) groups is 3. The molecule has 2 rings (SSSR count). The number of para-hydroxylation sites is 1. The van der Waals surface area contributed by atoms with E-state index in [2.05, 4.69) is 0 Å². The zero-order chi connectivity index (χ0) is 14.7. The van der Waals surface area contributed by atoms with Crippen molar-refractivity contribution in [2.75, 3.05) is 0 Å². The molecule has 1 aromatic rings. The molecule has 0 heterocycles.